The number of hydrogen-bond acceptors (Lipinski definition) is 7. The monoisotopic (exact) mass is 404 g/mol. The molecule has 1 aliphatic rings. The molecule has 9 heteroatoms. The van der Waals surface area contributed by atoms with Gasteiger partial charge in [0.1, 0.15) is 0 Å². The average Bonchev–Trinajstić information content (AvgIpc) is 3.18. The van der Waals surface area contributed by atoms with Crippen LogP contribution >= 0.6 is 11.8 Å². The average molecular weight is 404 g/mol. The van der Waals surface area contributed by atoms with Crippen molar-refractivity contribution in [3.05, 3.63) is 34.4 Å². The number of benzene rings is 1. The lowest BCUT2D eigenvalue weighted by Crippen LogP contribution is -2.44. The molecule has 1 aromatic carbocycles. The number of carbonyl (C=O) groups excluding carboxylic acids is 1. The van der Waals surface area contributed by atoms with E-state index in [9.17, 15) is 14.9 Å². The number of non-ortho nitro benzene ring substituents is 1. The molecule has 0 unspecified atom stereocenters. The number of thioether (sulfide) groups is 1. The summed E-state index contributed by atoms with van der Waals surface area (Å²) in [5, 5.41) is 18.8. The predicted octanol–water partition coefficient (Wildman–Crippen LogP) is 4.31. The van der Waals surface area contributed by atoms with Crippen LogP contribution in [0.4, 0.5) is 5.69 Å². The van der Waals surface area contributed by atoms with Gasteiger partial charge in [0.2, 0.25) is 11.8 Å². The van der Waals surface area contributed by atoms with Gasteiger partial charge in [0.25, 0.3) is 10.9 Å². The molecule has 1 aliphatic carbocycles. The Morgan fingerprint density at radius 1 is 1.36 bits per heavy atom. The summed E-state index contributed by atoms with van der Waals surface area (Å²) in [5.41, 5.74) is 0.435. The molecule has 1 heterocycles. The van der Waals surface area contributed by atoms with E-state index in [0.29, 0.717) is 18.2 Å². The Hall–Kier alpha value is -2.42. The standard InChI is InChI=1S/C19H24N4O4S/c1-3-22(15-9-5-4-6-10-15)18(24)13(2)28-19-21-20-17(27-19)14-8-7-11-16(12-14)23(25)26/h7-8,11-13,15H,3-6,9-10H2,1-2H3/t13-/m0/s1. The van der Waals surface area contributed by atoms with Crippen LogP contribution in [0.1, 0.15) is 46.0 Å². The van der Waals surface area contributed by atoms with Gasteiger partial charge in [-0.2, -0.15) is 0 Å². The van der Waals surface area contributed by atoms with Gasteiger partial charge in [-0.05, 0) is 32.8 Å². The molecule has 1 atom stereocenters. The largest absolute Gasteiger partial charge is 0.411 e. The second kappa shape index (κ2) is 9.18. The zero-order valence-electron chi connectivity index (χ0n) is 16.0. The molecular formula is C19H24N4O4S. The van der Waals surface area contributed by atoms with Crippen LogP contribution in [0, 0.1) is 10.1 Å². The van der Waals surface area contributed by atoms with Crippen LogP contribution in [0.3, 0.4) is 0 Å². The number of nitro benzene ring substituents is 1. The van der Waals surface area contributed by atoms with Crippen LogP contribution in [0.5, 0.6) is 0 Å². The molecular weight excluding hydrogens is 380 g/mol. The Morgan fingerprint density at radius 3 is 2.79 bits per heavy atom. The summed E-state index contributed by atoms with van der Waals surface area (Å²) in [6, 6.07) is 6.35. The number of nitrogens with zero attached hydrogens (tertiary/aromatic N) is 4. The second-order valence-electron chi connectivity index (χ2n) is 6.86. The zero-order valence-corrected chi connectivity index (χ0v) is 16.9. The lowest BCUT2D eigenvalue weighted by molar-refractivity contribution is -0.384. The number of nitro groups is 1. The summed E-state index contributed by atoms with van der Waals surface area (Å²) >= 11 is 1.22. The van der Waals surface area contributed by atoms with Gasteiger partial charge in [0, 0.05) is 30.3 Å². The summed E-state index contributed by atoms with van der Waals surface area (Å²) in [4.78, 5) is 25.3. The highest BCUT2D eigenvalue weighted by Gasteiger charge is 2.29. The van der Waals surface area contributed by atoms with E-state index in [4.69, 9.17) is 4.42 Å². The van der Waals surface area contributed by atoms with Crippen LogP contribution < -0.4 is 0 Å². The van der Waals surface area contributed by atoms with Crippen LogP contribution in [-0.2, 0) is 4.79 Å². The van der Waals surface area contributed by atoms with Crippen molar-refractivity contribution in [1.29, 1.82) is 0 Å². The van der Waals surface area contributed by atoms with Gasteiger partial charge < -0.3 is 9.32 Å². The van der Waals surface area contributed by atoms with E-state index in [2.05, 4.69) is 10.2 Å². The molecule has 0 spiro atoms. The summed E-state index contributed by atoms with van der Waals surface area (Å²) in [7, 11) is 0. The van der Waals surface area contributed by atoms with Crippen molar-refractivity contribution >= 4 is 23.4 Å². The number of hydrogen-bond donors (Lipinski definition) is 0. The molecule has 1 amide bonds. The van der Waals surface area contributed by atoms with E-state index in [-0.39, 0.29) is 28.0 Å². The maximum Gasteiger partial charge on any atom is 0.277 e. The lowest BCUT2D eigenvalue weighted by atomic mass is 9.94. The van der Waals surface area contributed by atoms with E-state index in [0.717, 1.165) is 12.8 Å². The molecule has 1 fully saturated rings. The fraction of sp³-hybridized carbons (Fsp3) is 0.526. The number of aromatic nitrogens is 2. The summed E-state index contributed by atoms with van der Waals surface area (Å²) in [5.74, 6) is 0.278. The molecule has 0 aliphatic heterocycles. The molecule has 0 N–H and O–H groups in total. The first-order valence-corrected chi connectivity index (χ1v) is 10.4. The summed E-state index contributed by atoms with van der Waals surface area (Å²) in [6.07, 6.45) is 5.72. The minimum atomic E-state index is -0.471. The SMILES string of the molecule is CCN(C(=O)[C@H](C)Sc1nnc(-c2cccc([N+](=O)[O-])c2)o1)C1CCCCC1. The molecule has 8 nitrogen and oxygen atoms in total. The third kappa shape index (κ3) is 4.70. The van der Waals surface area contributed by atoms with Gasteiger partial charge in [-0.15, -0.1) is 10.2 Å². The normalized spacial score (nSPS) is 15.9. The molecule has 0 bridgehead atoms. The van der Waals surface area contributed by atoms with Crippen molar-refractivity contribution in [2.45, 2.75) is 62.5 Å². The molecule has 28 heavy (non-hydrogen) atoms. The number of amides is 1. The molecule has 0 radical (unpaired) electrons. The highest BCUT2D eigenvalue weighted by molar-refractivity contribution is 8.00. The fourth-order valence-electron chi connectivity index (χ4n) is 3.55. The highest BCUT2D eigenvalue weighted by Crippen LogP contribution is 2.30. The number of carbonyl (C=O) groups is 1. The van der Waals surface area contributed by atoms with E-state index >= 15 is 0 Å². The highest BCUT2D eigenvalue weighted by atomic mass is 32.2. The number of rotatable bonds is 7. The lowest BCUT2D eigenvalue weighted by Gasteiger charge is -2.34. The van der Waals surface area contributed by atoms with Crippen molar-refractivity contribution in [3.8, 4) is 11.5 Å². The van der Waals surface area contributed by atoms with Crippen LogP contribution in [0.2, 0.25) is 0 Å². The first kappa shape index (κ1) is 20.3. The van der Waals surface area contributed by atoms with E-state index in [1.54, 1.807) is 12.1 Å². The van der Waals surface area contributed by atoms with Gasteiger partial charge in [-0.25, -0.2) is 0 Å². The van der Waals surface area contributed by atoms with Crippen molar-refractivity contribution in [2.24, 2.45) is 0 Å². The van der Waals surface area contributed by atoms with Crippen molar-refractivity contribution in [1.82, 2.24) is 15.1 Å². The molecule has 1 aromatic heterocycles. The Kier molecular flexibility index (Phi) is 6.66. The molecule has 1 saturated carbocycles. The predicted molar refractivity (Wildman–Crippen MR) is 106 cm³/mol. The minimum absolute atomic E-state index is 0.0421. The van der Waals surface area contributed by atoms with Gasteiger partial charge in [-0.1, -0.05) is 37.1 Å². The topological polar surface area (TPSA) is 102 Å². The molecule has 0 saturated heterocycles. The Bertz CT molecular complexity index is 835. The first-order valence-electron chi connectivity index (χ1n) is 9.55. The van der Waals surface area contributed by atoms with Crippen molar-refractivity contribution in [2.75, 3.05) is 6.54 Å². The Labute approximate surface area is 167 Å². The van der Waals surface area contributed by atoms with Crippen molar-refractivity contribution < 1.29 is 14.1 Å². The third-order valence-corrected chi connectivity index (χ3v) is 5.90. The Balaban J connectivity index is 1.67. The smallest absolute Gasteiger partial charge is 0.277 e. The third-order valence-electron chi connectivity index (χ3n) is 4.97. The summed E-state index contributed by atoms with van der Waals surface area (Å²) in [6.45, 7) is 4.55. The minimum Gasteiger partial charge on any atom is -0.411 e. The Morgan fingerprint density at radius 2 is 2.11 bits per heavy atom. The zero-order chi connectivity index (χ0) is 20.1. The van der Waals surface area contributed by atoms with Crippen LogP contribution in [0.15, 0.2) is 33.9 Å². The van der Waals surface area contributed by atoms with Gasteiger partial charge in [-0.3, -0.25) is 14.9 Å². The fourth-order valence-corrected chi connectivity index (χ4v) is 4.30. The van der Waals surface area contributed by atoms with E-state index in [1.165, 1.54) is 43.2 Å². The van der Waals surface area contributed by atoms with Gasteiger partial charge >= 0.3 is 0 Å². The second-order valence-corrected chi connectivity index (χ2v) is 8.15. The van der Waals surface area contributed by atoms with Crippen molar-refractivity contribution in [3.63, 3.8) is 0 Å². The summed E-state index contributed by atoms with van der Waals surface area (Å²) < 4.78 is 5.63. The van der Waals surface area contributed by atoms with E-state index in [1.807, 2.05) is 18.7 Å². The van der Waals surface area contributed by atoms with Gasteiger partial charge in [0.05, 0.1) is 10.2 Å². The first-order chi connectivity index (χ1) is 13.5. The van der Waals surface area contributed by atoms with E-state index < -0.39 is 4.92 Å². The molecule has 150 valence electrons. The maximum atomic E-state index is 12.9. The molecule has 3 rings (SSSR count). The maximum absolute atomic E-state index is 12.9. The van der Waals surface area contributed by atoms with Crippen LogP contribution in [-0.4, -0.2) is 43.8 Å². The van der Waals surface area contributed by atoms with Gasteiger partial charge in [0.15, 0.2) is 0 Å². The quantitative estimate of drug-likeness (QED) is 0.385. The van der Waals surface area contributed by atoms with Crippen LogP contribution in [0.25, 0.3) is 11.5 Å². The molecule has 2 aromatic rings.